The van der Waals surface area contributed by atoms with Crippen molar-refractivity contribution in [2.75, 3.05) is 7.11 Å². The Kier molecular flexibility index (Phi) is 4.97. The van der Waals surface area contributed by atoms with Crippen molar-refractivity contribution in [2.45, 2.75) is 33.5 Å². The number of carbonyl (C=O) groups is 1. The molecule has 0 saturated carbocycles. The third kappa shape index (κ3) is 3.34. The molecule has 0 bridgehead atoms. The molecule has 29 heavy (non-hydrogen) atoms. The summed E-state index contributed by atoms with van der Waals surface area (Å²) in [6.45, 7) is 5.72. The quantitative estimate of drug-likeness (QED) is 0.488. The van der Waals surface area contributed by atoms with Crippen LogP contribution in [0.1, 0.15) is 45.4 Å². The molecule has 4 rings (SSSR count). The van der Waals surface area contributed by atoms with Crippen molar-refractivity contribution in [3.63, 3.8) is 0 Å². The smallest absolute Gasteiger partial charge is 0.375 e. The molecule has 150 valence electrons. The average molecular weight is 412 g/mol. The number of aryl methyl sites for hydroxylation is 2. The minimum atomic E-state index is -0.758. The first-order chi connectivity index (χ1) is 13.9. The Balaban J connectivity index is 1.67. The van der Waals surface area contributed by atoms with Crippen LogP contribution in [0.25, 0.3) is 21.2 Å². The molecule has 0 radical (unpaired) electrons. The Morgan fingerprint density at radius 1 is 1.31 bits per heavy atom. The molecule has 0 aliphatic heterocycles. The fourth-order valence-electron chi connectivity index (χ4n) is 3.29. The lowest BCUT2D eigenvalue weighted by atomic mass is 10.1. The first kappa shape index (κ1) is 19.4. The molecular formula is C21H20N2O5S. The van der Waals surface area contributed by atoms with Gasteiger partial charge in [-0.1, -0.05) is 18.2 Å². The van der Waals surface area contributed by atoms with Crippen LogP contribution in [0.2, 0.25) is 0 Å². The van der Waals surface area contributed by atoms with E-state index in [1.807, 2.05) is 32.0 Å². The lowest BCUT2D eigenvalue weighted by Gasteiger charge is -2.12. The topological polar surface area (TPSA) is 94.4 Å². The largest absolute Gasteiger partial charge is 0.449 e. The summed E-state index contributed by atoms with van der Waals surface area (Å²) >= 11 is 1.45. The highest BCUT2D eigenvalue weighted by Gasteiger charge is 2.25. The number of ether oxygens (including phenoxy) is 2. The van der Waals surface area contributed by atoms with Crippen LogP contribution in [-0.4, -0.2) is 23.0 Å². The van der Waals surface area contributed by atoms with E-state index in [1.54, 1.807) is 20.1 Å². The van der Waals surface area contributed by atoms with Crippen LogP contribution in [0.4, 0.5) is 0 Å². The number of hydrogen-bond acceptors (Lipinski definition) is 7. The number of H-pyrrole nitrogens is 1. The van der Waals surface area contributed by atoms with Gasteiger partial charge in [-0.3, -0.25) is 4.79 Å². The van der Waals surface area contributed by atoms with E-state index in [1.165, 1.54) is 11.3 Å². The molecule has 8 heteroatoms. The number of nitrogens with zero attached hydrogens (tertiary/aromatic N) is 1. The fourth-order valence-corrected chi connectivity index (χ4v) is 4.32. The number of esters is 1. The normalized spacial score (nSPS) is 12.6. The lowest BCUT2D eigenvalue weighted by Crippen LogP contribution is -2.17. The number of methoxy groups -OCH3 is 1. The fraction of sp³-hybridized carbons (Fsp3) is 0.286. The van der Waals surface area contributed by atoms with Crippen molar-refractivity contribution in [3.05, 3.63) is 62.2 Å². The Bertz CT molecular complexity index is 1280. The van der Waals surface area contributed by atoms with Crippen molar-refractivity contribution in [3.8, 4) is 0 Å². The van der Waals surface area contributed by atoms with Gasteiger partial charge in [-0.05, 0) is 32.4 Å². The molecule has 4 aromatic rings. The van der Waals surface area contributed by atoms with Crippen LogP contribution in [0.15, 0.2) is 33.5 Å². The molecule has 3 aromatic heterocycles. The van der Waals surface area contributed by atoms with Crippen molar-refractivity contribution < 1.29 is 18.7 Å². The van der Waals surface area contributed by atoms with Crippen LogP contribution in [0.5, 0.6) is 0 Å². The second-order valence-corrected chi connectivity index (χ2v) is 8.00. The van der Waals surface area contributed by atoms with E-state index in [9.17, 15) is 9.59 Å². The lowest BCUT2D eigenvalue weighted by molar-refractivity contribution is 0.0281. The van der Waals surface area contributed by atoms with E-state index in [-0.39, 0.29) is 17.9 Å². The average Bonchev–Trinajstić information content (AvgIpc) is 3.20. The van der Waals surface area contributed by atoms with Crippen molar-refractivity contribution in [1.29, 1.82) is 0 Å². The van der Waals surface area contributed by atoms with E-state index >= 15 is 0 Å². The number of carbonyl (C=O) groups excluding carboxylic acids is 1. The van der Waals surface area contributed by atoms with Gasteiger partial charge >= 0.3 is 5.97 Å². The van der Waals surface area contributed by atoms with Gasteiger partial charge in [0.05, 0.1) is 12.0 Å². The Morgan fingerprint density at radius 2 is 2.07 bits per heavy atom. The van der Waals surface area contributed by atoms with Crippen molar-refractivity contribution in [2.24, 2.45) is 0 Å². The Morgan fingerprint density at radius 3 is 2.83 bits per heavy atom. The number of para-hydroxylation sites is 1. The molecule has 1 aromatic carbocycles. The number of nitrogens with one attached hydrogen (secondary N) is 1. The SMILES string of the molecule is COCc1c(C(=O)O[C@H](C)c2nc3sc(C)c(C)c3c(=O)[nH]2)oc2ccccc12. The first-order valence-corrected chi connectivity index (χ1v) is 9.92. The molecule has 0 aliphatic rings. The first-order valence-electron chi connectivity index (χ1n) is 9.11. The highest BCUT2D eigenvalue weighted by atomic mass is 32.1. The van der Waals surface area contributed by atoms with Crippen LogP contribution in [0, 0.1) is 13.8 Å². The van der Waals surface area contributed by atoms with Crippen molar-refractivity contribution >= 4 is 38.5 Å². The summed E-state index contributed by atoms with van der Waals surface area (Å²) in [5.74, 6) is -0.255. The molecular weight excluding hydrogens is 392 g/mol. The number of hydrogen-bond donors (Lipinski definition) is 1. The van der Waals surface area contributed by atoms with Crippen LogP contribution >= 0.6 is 11.3 Å². The molecule has 0 saturated heterocycles. The van der Waals surface area contributed by atoms with Crippen LogP contribution < -0.4 is 5.56 Å². The van der Waals surface area contributed by atoms with Crippen LogP contribution in [0.3, 0.4) is 0 Å². The molecule has 3 heterocycles. The van der Waals surface area contributed by atoms with E-state index in [2.05, 4.69) is 9.97 Å². The zero-order valence-electron chi connectivity index (χ0n) is 16.5. The number of fused-ring (bicyclic) bond motifs is 2. The number of benzene rings is 1. The van der Waals surface area contributed by atoms with Crippen molar-refractivity contribution in [1.82, 2.24) is 9.97 Å². The summed E-state index contributed by atoms with van der Waals surface area (Å²) in [6, 6.07) is 7.34. The zero-order valence-corrected chi connectivity index (χ0v) is 17.3. The van der Waals surface area contributed by atoms with Gasteiger partial charge in [0.25, 0.3) is 5.56 Å². The molecule has 0 unspecified atom stereocenters. The van der Waals surface area contributed by atoms with Gasteiger partial charge in [-0.2, -0.15) is 0 Å². The Hall–Kier alpha value is -2.97. The summed E-state index contributed by atoms with van der Waals surface area (Å²) in [5, 5.41) is 1.38. The maximum absolute atomic E-state index is 12.8. The van der Waals surface area contributed by atoms with Gasteiger partial charge in [0.1, 0.15) is 10.4 Å². The number of aromatic amines is 1. The molecule has 0 spiro atoms. The standard InChI is InChI=1S/C21H20N2O5S/c1-10-12(3)29-20-16(10)19(24)22-18(23-20)11(2)27-21(25)17-14(9-26-4)13-7-5-6-8-15(13)28-17/h5-8,11H,9H2,1-4H3,(H,22,23,24)/t11-/m1/s1. The van der Waals surface area contributed by atoms with E-state index in [0.29, 0.717) is 27.2 Å². The molecule has 0 aliphatic carbocycles. The predicted molar refractivity (Wildman–Crippen MR) is 110 cm³/mol. The zero-order chi connectivity index (χ0) is 20.7. The number of aromatic nitrogens is 2. The highest BCUT2D eigenvalue weighted by molar-refractivity contribution is 7.18. The monoisotopic (exact) mass is 412 g/mol. The van der Waals surface area contributed by atoms with Crippen LogP contribution in [-0.2, 0) is 16.1 Å². The van der Waals surface area contributed by atoms with Gasteiger partial charge in [0.15, 0.2) is 11.9 Å². The summed E-state index contributed by atoms with van der Waals surface area (Å²) in [4.78, 5) is 34.2. The summed E-state index contributed by atoms with van der Waals surface area (Å²) in [5.41, 5.74) is 1.89. The second-order valence-electron chi connectivity index (χ2n) is 6.80. The molecule has 0 fully saturated rings. The van der Waals surface area contributed by atoms with Gasteiger partial charge in [0, 0.05) is 22.9 Å². The molecule has 1 atom stereocenters. The summed E-state index contributed by atoms with van der Waals surface area (Å²) < 4.78 is 16.5. The minimum absolute atomic E-state index is 0.0890. The maximum atomic E-state index is 12.8. The molecule has 1 N–H and O–H groups in total. The van der Waals surface area contributed by atoms with E-state index in [4.69, 9.17) is 13.9 Å². The van der Waals surface area contributed by atoms with Gasteiger partial charge in [0.2, 0.25) is 5.76 Å². The summed E-state index contributed by atoms with van der Waals surface area (Å²) in [7, 11) is 1.55. The maximum Gasteiger partial charge on any atom is 0.375 e. The minimum Gasteiger partial charge on any atom is -0.449 e. The second kappa shape index (κ2) is 7.46. The highest BCUT2D eigenvalue weighted by Crippen LogP contribution is 2.29. The third-order valence-electron chi connectivity index (χ3n) is 4.90. The third-order valence-corrected chi connectivity index (χ3v) is 6.00. The Labute approximate surface area is 170 Å². The summed E-state index contributed by atoms with van der Waals surface area (Å²) in [6.07, 6.45) is -0.758. The number of furan rings is 1. The van der Waals surface area contributed by atoms with E-state index in [0.717, 1.165) is 15.8 Å². The van der Waals surface area contributed by atoms with Gasteiger partial charge < -0.3 is 18.9 Å². The molecule has 7 nitrogen and oxygen atoms in total. The van der Waals surface area contributed by atoms with Gasteiger partial charge in [-0.25, -0.2) is 9.78 Å². The predicted octanol–water partition coefficient (Wildman–Crippen LogP) is 4.41. The van der Waals surface area contributed by atoms with Gasteiger partial charge in [-0.15, -0.1) is 11.3 Å². The van der Waals surface area contributed by atoms with E-state index < -0.39 is 12.1 Å². The number of rotatable bonds is 5. The number of thiophene rings is 1. The molecule has 0 amide bonds.